The maximum absolute atomic E-state index is 5.71. The lowest BCUT2D eigenvalue weighted by Gasteiger charge is -2.14. The van der Waals surface area contributed by atoms with E-state index in [2.05, 4.69) is 14.9 Å². The number of likely N-dealkylation sites (tertiary alicyclic amines) is 1. The number of aromatic nitrogens is 2. The topological polar surface area (TPSA) is 64.3 Å². The quantitative estimate of drug-likeness (QED) is 0.845. The molecular formula is C14H18N4O. The maximum Gasteiger partial charge on any atom is 0.232 e. The van der Waals surface area contributed by atoms with Crippen LogP contribution in [0.3, 0.4) is 0 Å². The fraction of sp³-hybridized carbons (Fsp3) is 0.429. The summed E-state index contributed by atoms with van der Waals surface area (Å²) in [5.74, 6) is 0.580. The van der Waals surface area contributed by atoms with Crippen molar-refractivity contribution in [1.82, 2.24) is 14.9 Å². The Morgan fingerprint density at radius 3 is 2.89 bits per heavy atom. The second-order valence-electron chi connectivity index (χ2n) is 4.85. The van der Waals surface area contributed by atoms with Crippen LogP contribution in [-0.2, 0) is 0 Å². The minimum atomic E-state index is 0.580. The molecule has 0 unspecified atom stereocenters. The van der Waals surface area contributed by atoms with Gasteiger partial charge in [-0.3, -0.25) is 4.90 Å². The van der Waals surface area contributed by atoms with E-state index in [1.165, 1.54) is 25.9 Å². The number of nitrogen functional groups attached to an aromatic ring is 1. The van der Waals surface area contributed by atoms with Crippen molar-refractivity contribution < 1.29 is 4.74 Å². The third-order valence-electron chi connectivity index (χ3n) is 3.40. The molecule has 1 fully saturated rings. The summed E-state index contributed by atoms with van der Waals surface area (Å²) in [7, 11) is 0. The average Bonchev–Trinajstić information content (AvgIpc) is 2.92. The summed E-state index contributed by atoms with van der Waals surface area (Å²) in [5, 5.41) is 0. The van der Waals surface area contributed by atoms with Crippen LogP contribution in [-0.4, -0.2) is 41.1 Å². The second-order valence-corrected chi connectivity index (χ2v) is 4.85. The van der Waals surface area contributed by atoms with E-state index in [9.17, 15) is 0 Å². The van der Waals surface area contributed by atoms with Crippen LogP contribution in [0.4, 0.5) is 5.69 Å². The van der Waals surface area contributed by atoms with Gasteiger partial charge in [0.1, 0.15) is 6.61 Å². The predicted octanol–water partition coefficient (Wildman–Crippen LogP) is 1.69. The van der Waals surface area contributed by atoms with Gasteiger partial charge in [-0.1, -0.05) is 0 Å². The van der Waals surface area contributed by atoms with Crippen molar-refractivity contribution in [2.24, 2.45) is 0 Å². The summed E-state index contributed by atoms with van der Waals surface area (Å²) >= 11 is 0. The fourth-order valence-electron chi connectivity index (χ4n) is 2.37. The molecule has 0 saturated carbocycles. The summed E-state index contributed by atoms with van der Waals surface area (Å²) in [6, 6.07) is 5.51. The molecule has 1 aliphatic heterocycles. The van der Waals surface area contributed by atoms with Crippen molar-refractivity contribution in [3.63, 3.8) is 0 Å². The van der Waals surface area contributed by atoms with Gasteiger partial charge in [0.2, 0.25) is 5.88 Å². The fourth-order valence-corrected chi connectivity index (χ4v) is 2.37. The van der Waals surface area contributed by atoms with E-state index < -0.39 is 0 Å². The number of hydrogen-bond donors (Lipinski definition) is 1. The van der Waals surface area contributed by atoms with Crippen LogP contribution in [0.15, 0.2) is 24.4 Å². The number of rotatable bonds is 4. The summed E-state index contributed by atoms with van der Waals surface area (Å²) in [5.41, 5.74) is 8.02. The lowest BCUT2D eigenvalue weighted by molar-refractivity contribution is 0.232. The second kappa shape index (κ2) is 5.40. The predicted molar refractivity (Wildman–Crippen MR) is 75.1 cm³/mol. The van der Waals surface area contributed by atoms with Crippen molar-refractivity contribution in [1.29, 1.82) is 0 Å². The third kappa shape index (κ3) is 2.93. The number of nitrogens with zero attached hydrogens (tertiary/aromatic N) is 3. The molecular weight excluding hydrogens is 240 g/mol. The Kier molecular flexibility index (Phi) is 3.46. The van der Waals surface area contributed by atoms with Gasteiger partial charge in [-0.15, -0.1) is 0 Å². The Morgan fingerprint density at radius 1 is 1.21 bits per heavy atom. The van der Waals surface area contributed by atoms with Crippen LogP contribution in [0.1, 0.15) is 12.8 Å². The summed E-state index contributed by atoms with van der Waals surface area (Å²) in [6.45, 7) is 3.99. The average molecular weight is 258 g/mol. The Balaban J connectivity index is 1.62. The number of benzene rings is 1. The number of ether oxygens (including phenoxy) is 1. The Labute approximate surface area is 112 Å². The van der Waals surface area contributed by atoms with E-state index in [-0.39, 0.29) is 0 Å². The highest BCUT2D eigenvalue weighted by Crippen LogP contribution is 2.16. The molecule has 2 aromatic rings. The zero-order valence-electron chi connectivity index (χ0n) is 10.9. The van der Waals surface area contributed by atoms with Crippen LogP contribution in [0.25, 0.3) is 11.0 Å². The normalized spacial score (nSPS) is 16.0. The molecule has 2 N–H and O–H groups in total. The standard InChI is InChI=1S/C14H18N4O/c15-11-3-4-12-13(9-11)16-10-14(17-12)19-8-7-18-5-1-2-6-18/h3-4,9-10H,1-2,5-8,15H2. The molecule has 3 rings (SSSR count). The molecule has 5 heteroatoms. The molecule has 19 heavy (non-hydrogen) atoms. The molecule has 0 atom stereocenters. The van der Waals surface area contributed by atoms with Crippen molar-refractivity contribution >= 4 is 16.7 Å². The summed E-state index contributed by atoms with van der Waals surface area (Å²) < 4.78 is 5.66. The molecule has 5 nitrogen and oxygen atoms in total. The molecule has 1 aromatic heterocycles. The molecule has 0 spiro atoms. The van der Waals surface area contributed by atoms with Gasteiger partial charge in [0.05, 0.1) is 17.2 Å². The SMILES string of the molecule is Nc1ccc2nc(OCCN3CCCC3)cnc2c1. The van der Waals surface area contributed by atoms with Gasteiger partial charge < -0.3 is 10.5 Å². The molecule has 1 aliphatic rings. The lowest BCUT2D eigenvalue weighted by atomic mass is 10.3. The highest BCUT2D eigenvalue weighted by atomic mass is 16.5. The van der Waals surface area contributed by atoms with Gasteiger partial charge in [0.15, 0.2) is 0 Å². The van der Waals surface area contributed by atoms with Crippen LogP contribution >= 0.6 is 0 Å². The first-order valence-electron chi connectivity index (χ1n) is 6.69. The number of nitrogens with two attached hydrogens (primary N) is 1. The van der Waals surface area contributed by atoms with Crippen molar-refractivity contribution in [2.75, 3.05) is 32.0 Å². The van der Waals surface area contributed by atoms with E-state index in [1.54, 1.807) is 6.20 Å². The Hall–Kier alpha value is -1.88. The van der Waals surface area contributed by atoms with Crippen LogP contribution in [0, 0.1) is 0 Å². The number of hydrogen-bond acceptors (Lipinski definition) is 5. The smallest absolute Gasteiger partial charge is 0.232 e. The van der Waals surface area contributed by atoms with Crippen molar-refractivity contribution in [2.45, 2.75) is 12.8 Å². The minimum Gasteiger partial charge on any atom is -0.475 e. The van der Waals surface area contributed by atoms with Gasteiger partial charge >= 0.3 is 0 Å². The monoisotopic (exact) mass is 258 g/mol. The molecule has 0 radical (unpaired) electrons. The Morgan fingerprint density at radius 2 is 2.05 bits per heavy atom. The van der Waals surface area contributed by atoms with Gasteiger partial charge in [0.25, 0.3) is 0 Å². The first-order chi connectivity index (χ1) is 9.31. The molecule has 0 aliphatic carbocycles. The number of fused-ring (bicyclic) bond motifs is 1. The maximum atomic E-state index is 5.71. The summed E-state index contributed by atoms with van der Waals surface area (Å²) in [6.07, 6.45) is 4.26. The van der Waals surface area contributed by atoms with E-state index in [4.69, 9.17) is 10.5 Å². The molecule has 1 saturated heterocycles. The molecule has 0 bridgehead atoms. The van der Waals surface area contributed by atoms with Crippen LogP contribution < -0.4 is 10.5 Å². The molecule has 100 valence electrons. The first-order valence-corrected chi connectivity index (χ1v) is 6.69. The number of anilines is 1. The molecule has 0 amide bonds. The summed E-state index contributed by atoms with van der Waals surface area (Å²) in [4.78, 5) is 11.1. The van der Waals surface area contributed by atoms with Gasteiger partial charge in [0, 0.05) is 12.2 Å². The zero-order chi connectivity index (χ0) is 13.1. The third-order valence-corrected chi connectivity index (χ3v) is 3.40. The van der Waals surface area contributed by atoms with Crippen LogP contribution in [0.2, 0.25) is 0 Å². The largest absolute Gasteiger partial charge is 0.475 e. The van der Waals surface area contributed by atoms with E-state index in [0.29, 0.717) is 18.2 Å². The van der Waals surface area contributed by atoms with Crippen molar-refractivity contribution in [3.05, 3.63) is 24.4 Å². The van der Waals surface area contributed by atoms with E-state index in [0.717, 1.165) is 17.6 Å². The molecule has 2 heterocycles. The van der Waals surface area contributed by atoms with Gasteiger partial charge in [-0.2, -0.15) is 0 Å². The minimum absolute atomic E-state index is 0.580. The lowest BCUT2D eigenvalue weighted by Crippen LogP contribution is -2.25. The van der Waals surface area contributed by atoms with E-state index in [1.807, 2.05) is 18.2 Å². The Bertz CT molecular complexity index is 566. The highest BCUT2D eigenvalue weighted by molar-refractivity contribution is 5.78. The van der Waals surface area contributed by atoms with Crippen LogP contribution in [0.5, 0.6) is 5.88 Å². The van der Waals surface area contributed by atoms with E-state index >= 15 is 0 Å². The van der Waals surface area contributed by atoms with Gasteiger partial charge in [-0.05, 0) is 44.1 Å². The zero-order valence-corrected chi connectivity index (χ0v) is 10.9. The van der Waals surface area contributed by atoms with Gasteiger partial charge in [-0.25, -0.2) is 9.97 Å². The first kappa shape index (κ1) is 12.2. The molecule has 1 aromatic carbocycles. The highest BCUT2D eigenvalue weighted by Gasteiger charge is 2.11. The van der Waals surface area contributed by atoms with Crippen molar-refractivity contribution in [3.8, 4) is 5.88 Å².